The summed E-state index contributed by atoms with van der Waals surface area (Å²) in [6, 6.07) is 22.3. The number of anilines is 1. The predicted octanol–water partition coefficient (Wildman–Crippen LogP) is 5.25. The number of benzene rings is 3. The largest absolute Gasteiger partial charge is 0.495 e. The lowest BCUT2D eigenvalue weighted by Crippen LogP contribution is -2.15. The van der Waals surface area contributed by atoms with Gasteiger partial charge in [0.25, 0.3) is 5.56 Å². The molecule has 4 aromatic rings. The van der Waals surface area contributed by atoms with Gasteiger partial charge in [0.15, 0.2) is 0 Å². The quantitative estimate of drug-likeness (QED) is 0.405. The van der Waals surface area contributed by atoms with Crippen LogP contribution in [0, 0.1) is 11.3 Å². The van der Waals surface area contributed by atoms with Gasteiger partial charge in [-0.15, -0.1) is 0 Å². The van der Waals surface area contributed by atoms with Crippen molar-refractivity contribution in [2.75, 3.05) is 12.4 Å². The van der Waals surface area contributed by atoms with Crippen molar-refractivity contribution in [3.05, 3.63) is 98.8 Å². The van der Waals surface area contributed by atoms with Gasteiger partial charge in [0.1, 0.15) is 24.2 Å². The number of methoxy groups -OCH3 is 1. The Balaban J connectivity index is 1.53. The molecule has 0 fully saturated rings. The lowest BCUT2D eigenvalue weighted by Gasteiger charge is -2.12. The average molecular weight is 446 g/mol. The van der Waals surface area contributed by atoms with E-state index in [1.54, 1.807) is 36.4 Å². The van der Waals surface area contributed by atoms with Gasteiger partial charge in [0.2, 0.25) is 0 Å². The first kappa shape index (κ1) is 21.3. The summed E-state index contributed by atoms with van der Waals surface area (Å²) in [5.41, 5.74) is 3.20. The molecule has 2 N–H and O–H groups in total. The molecule has 1 aromatic heterocycles. The molecule has 0 atom stereocenters. The molecular formula is C25H20ClN3O3. The number of aromatic amines is 1. The number of pyridine rings is 1. The summed E-state index contributed by atoms with van der Waals surface area (Å²) in [5, 5.41) is 13.6. The minimum absolute atomic E-state index is 0.207. The maximum atomic E-state index is 12.6. The van der Waals surface area contributed by atoms with Crippen LogP contribution in [0.25, 0.3) is 10.9 Å². The van der Waals surface area contributed by atoms with Gasteiger partial charge in [-0.1, -0.05) is 41.9 Å². The van der Waals surface area contributed by atoms with E-state index in [2.05, 4.69) is 16.4 Å². The Morgan fingerprint density at radius 1 is 1.06 bits per heavy atom. The molecule has 0 radical (unpaired) electrons. The van der Waals surface area contributed by atoms with Crippen LogP contribution in [-0.2, 0) is 13.2 Å². The molecule has 0 saturated carbocycles. The van der Waals surface area contributed by atoms with Gasteiger partial charge in [-0.05, 0) is 29.8 Å². The fourth-order valence-corrected chi connectivity index (χ4v) is 3.55. The highest BCUT2D eigenvalue weighted by molar-refractivity contribution is 6.32. The van der Waals surface area contributed by atoms with Crippen LogP contribution >= 0.6 is 11.6 Å². The summed E-state index contributed by atoms with van der Waals surface area (Å²) in [6.07, 6.45) is 0. The number of nitrogens with one attached hydrogen (secondary N) is 2. The molecule has 160 valence electrons. The Morgan fingerprint density at radius 3 is 2.62 bits per heavy atom. The van der Waals surface area contributed by atoms with E-state index in [1.807, 2.05) is 30.3 Å². The Kier molecular flexibility index (Phi) is 6.29. The van der Waals surface area contributed by atoms with Crippen molar-refractivity contribution < 1.29 is 9.47 Å². The normalized spacial score (nSPS) is 10.5. The van der Waals surface area contributed by atoms with Gasteiger partial charge < -0.3 is 19.8 Å². The zero-order valence-electron chi connectivity index (χ0n) is 17.3. The van der Waals surface area contributed by atoms with Crippen molar-refractivity contribution in [2.45, 2.75) is 13.2 Å². The molecule has 0 bridgehead atoms. The summed E-state index contributed by atoms with van der Waals surface area (Å²) in [6.45, 7) is 0.677. The zero-order valence-corrected chi connectivity index (χ0v) is 18.1. The molecule has 3 aromatic carbocycles. The van der Waals surface area contributed by atoms with Crippen LogP contribution in [0.15, 0.2) is 71.5 Å². The third-order valence-corrected chi connectivity index (χ3v) is 5.31. The van der Waals surface area contributed by atoms with E-state index < -0.39 is 0 Å². The molecule has 0 aliphatic carbocycles. The number of hydrogen-bond acceptors (Lipinski definition) is 5. The van der Waals surface area contributed by atoms with Crippen molar-refractivity contribution in [1.29, 1.82) is 5.26 Å². The maximum Gasteiger partial charge on any atom is 0.253 e. The maximum absolute atomic E-state index is 12.6. The summed E-state index contributed by atoms with van der Waals surface area (Å²) < 4.78 is 11.1. The average Bonchev–Trinajstić information content (AvgIpc) is 2.82. The fraction of sp³-hybridized carbons (Fsp3) is 0.120. The number of nitriles is 1. The van der Waals surface area contributed by atoms with Gasteiger partial charge in [-0.3, -0.25) is 4.79 Å². The summed E-state index contributed by atoms with van der Waals surface area (Å²) in [7, 11) is 1.51. The molecule has 6 nitrogen and oxygen atoms in total. The third-order valence-electron chi connectivity index (χ3n) is 5.02. The Hall–Kier alpha value is -3.95. The number of fused-ring (bicyclic) bond motifs is 1. The minimum atomic E-state index is -0.207. The molecule has 0 aliphatic heterocycles. The minimum Gasteiger partial charge on any atom is -0.495 e. The number of halogens is 1. The van der Waals surface area contributed by atoms with Crippen molar-refractivity contribution in [3.63, 3.8) is 0 Å². The van der Waals surface area contributed by atoms with E-state index in [-0.39, 0.29) is 5.56 Å². The monoisotopic (exact) mass is 445 g/mol. The van der Waals surface area contributed by atoms with Crippen LogP contribution < -0.4 is 20.3 Å². The second kappa shape index (κ2) is 9.46. The second-order valence-corrected chi connectivity index (χ2v) is 7.56. The molecular weight excluding hydrogens is 426 g/mol. The highest BCUT2D eigenvalue weighted by atomic mass is 35.5. The van der Waals surface area contributed by atoms with Crippen LogP contribution in [-0.4, -0.2) is 12.1 Å². The van der Waals surface area contributed by atoms with Gasteiger partial charge in [0.05, 0.1) is 23.2 Å². The first-order valence-electron chi connectivity index (χ1n) is 9.91. The first-order chi connectivity index (χ1) is 15.6. The first-order valence-corrected chi connectivity index (χ1v) is 10.3. The highest BCUT2D eigenvalue weighted by Crippen LogP contribution is 2.30. The molecule has 0 spiro atoms. The van der Waals surface area contributed by atoms with Crippen LogP contribution in [0.2, 0.25) is 5.02 Å². The van der Waals surface area contributed by atoms with Crippen molar-refractivity contribution in [3.8, 4) is 17.6 Å². The number of ether oxygens (including phenoxy) is 2. The van der Waals surface area contributed by atoms with Crippen LogP contribution in [0.3, 0.4) is 0 Å². The van der Waals surface area contributed by atoms with E-state index in [4.69, 9.17) is 26.3 Å². The van der Waals surface area contributed by atoms with Crippen LogP contribution in [0.1, 0.15) is 16.7 Å². The molecule has 0 saturated heterocycles. The van der Waals surface area contributed by atoms with Crippen molar-refractivity contribution >= 4 is 28.2 Å². The molecule has 7 heteroatoms. The molecule has 32 heavy (non-hydrogen) atoms. The van der Waals surface area contributed by atoms with Crippen LogP contribution in [0.4, 0.5) is 5.69 Å². The number of rotatable bonds is 7. The number of nitrogens with zero attached hydrogens (tertiary/aromatic N) is 1. The fourth-order valence-electron chi connectivity index (χ4n) is 3.32. The van der Waals surface area contributed by atoms with Gasteiger partial charge >= 0.3 is 0 Å². The van der Waals surface area contributed by atoms with Crippen molar-refractivity contribution in [1.82, 2.24) is 4.98 Å². The number of H-pyrrole nitrogens is 1. The van der Waals surface area contributed by atoms with E-state index in [0.29, 0.717) is 46.3 Å². The molecule has 1 heterocycles. The number of aromatic nitrogens is 1. The van der Waals surface area contributed by atoms with Gasteiger partial charge in [-0.2, -0.15) is 5.26 Å². The van der Waals surface area contributed by atoms with Gasteiger partial charge in [0, 0.05) is 35.3 Å². The summed E-state index contributed by atoms with van der Waals surface area (Å²) in [5.74, 6) is 0.981. The van der Waals surface area contributed by atoms with Crippen molar-refractivity contribution in [2.24, 2.45) is 0 Å². The zero-order chi connectivity index (χ0) is 22.5. The molecule has 4 rings (SSSR count). The smallest absolute Gasteiger partial charge is 0.253 e. The topological polar surface area (TPSA) is 87.1 Å². The third kappa shape index (κ3) is 4.69. The molecule has 0 amide bonds. The highest BCUT2D eigenvalue weighted by Gasteiger charge is 2.10. The van der Waals surface area contributed by atoms with E-state index >= 15 is 0 Å². The summed E-state index contributed by atoms with van der Waals surface area (Å²) in [4.78, 5) is 15.5. The Labute approximate surface area is 190 Å². The van der Waals surface area contributed by atoms with E-state index in [1.165, 1.54) is 7.11 Å². The molecule has 0 aliphatic rings. The Bertz CT molecular complexity index is 1360. The Morgan fingerprint density at radius 2 is 1.88 bits per heavy atom. The van der Waals surface area contributed by atoms with E-state index in [9.17, 15) is 4.79 Å². The standard InChI is InChI=1S/C25H20ClN3O3/c1-31-23-11-20(8-7-17(23)13-27)28-14-19-9-18-10-21(26)24(12-22(18)29-25(19)30)32-15-16-5-3-2-4-6-16/h2-12,28H,14-15H2,1H3,(H,29,30). The molecule has 0 unspecified atom stereocenters. The van der Waals surface area contributed by atoms with Crippen LogP contribution in [0.5, 0.6) is 11.5 Å². The van der Waals surface area contributed by atoms with E-state index in [0.717, 1.165) is 16.6 Å². The predicted molar refractivity (Wildman–Crippen MR) is 125 cm³/mol. The second-order valence-electron chi connectivity index (χ2n) is 7.15. The lowest BCUT2D eigenvalue weighted by molar-refractivity contribution is 0.307. The lowest BCUT2D eigenvalue weighted by atomic mass is 10.1. The SMILES string of the molecule is COc1cc(NCc2cc3cc(Cl)c(OCc4ccccc4)cc3[nH]c2=O)ccc1C#N. The number of hydrogen-bond donors (Lipinski definition) is 2. The summed E-state index contributed by atoms with van der Waals surface area (Å²) >= 11 is 6.42. The van der Waals surface area contributed by atoms with Gasteiger partial charge in [-0.25, -0.2) is 0 Å².